The molecule has 9 heteroatoms. The molecular formula is C28H32ClN5O3. The van der Waals surface area contributed by atoms with E-state index in [0.29, 0.717) is 43.3 Å². The van der Waals surface area contributed by atoms with Crippen LogP contribution < -0.4 is 9.64 Å². The Morgan fingerprint density at radius 2 is 1.70 bits per heavy atom. The standard InChI is InChI=1S/C28H32ClN5O3/c1-3-4-15-34(28(36)23-7-5-6-8-24(23)29)20-27(35)33-18-16-32(17-19-33)26-14-13-25(30-31-26)21-9-11-22(37-2)12-10-21/h5-14H,3-4,15-20H2,1-2H3. The van der Waals surface area contributed by atoms with Crippen LogP contribution in [0.5, 0.6) is 5.75 Å². The van der Waals surface area contributed by atoms with Crippen LogP contribution in [-0.4, -0.2) is 78.2 Å². The fraction of sp³-hybridized carbons (Fsp3) is 0.357. The molecule has 1 fully saturated rings. The maximum absolute atomic E-state index is 13.1. The zero-order valence-electron chi connectivity index (χ0n) is 21.3. The number of amides is 2. The van der Waals surface area contributed by atoms with E-state index in [2.05, 4.69) is 22.0 Å². The number of aromatic nitrogens is 2. The van der Waals surface area contributed by atoms with Gasteiger partial charge in [0.25, 0.3) is 5.91 Å². The van der Waals surface area contributed by atoms with Crippen LogP contribution in [0.25, 0.3) is 11.3 Å². The highest BCUT2D eigenvalue weighted by Gasteiger charge is 2.26. The van der Waals surface area contributed by atoms with Gasteiger partial charge in [-0.05, 0) is 55.0 Å². The molecule has 3 aromatic rings. The zero-order chi connectivity index (χ0) is 26.2. The minimum atomic E-state index is -0.210. The van der Waals surface area contributed by atoms with Gasteiger partial charge in [0.05, 0.1) is 23.4 Å². The van der Waals surface area contributed by atoms with Gasteiger partial charge in [-0.2, -0.15) is 0 Å². The van der Waals surface area contributed by atoms with Gasteiger partial charge in [-0.1, -0.05) is 37.1 Å². The molecule has 37 heavy (non-hydrogen) atoms. The van der Waals surface area contributed by atoms with Crippen molar-refractivity contribution in [1.29, 1.82) is 0 Å². The minimum absolute atomic E-state index is 0.0421. The van der Waals surface area contributed by atoms with Gasteiger partial charge < -0.3 is 19.4 Å². The lowest BCUT2D eigenvalue weighted by atomic mass is 10.1. The normalized spacial score (nSPS) is 13.4. The van der Waals surface area contributed by atoms with Crippen molar-refractivity contribution in [3.05, 3.63) is 71.2 Å². The van der Waals surface area contributed by atoms with Crippen molar-refractivity contribution >= 4 is 29.2 Å². The smallest absolute Gasteiger partial charge is 0.255 e. The molecule has 0 saturated carbocycles. The number of nitrogens with zero attached hydrogens (tertiary/aromatic N) is 5. The second-order valence-corrected chi connectivity index (χ2v) is 9.34. The molecule has 0 bridgehead atoms. The van der Waals surface area contributed by atoms with Gasteiger partial charge in [-0.3, -0.25) is 9.59 Å². The molecule has 2 heterocycles. The van der Waals surface area contributed by atoms with Gasteiger partial charge in [0.2, 0.25) is 5.91 Å². The first-order chi connectivity index (χ1) is 18.0. The number of ether oxygens (including phenoxy) is 1. The fourth-order valence-electron chi connectivity index (χ4n) is 4.26. The molecule has 1 aliphatic rings. The Labute approximate surface area is 222 Å². The van der Waals surface area contributed by atoms with Crippen molar-refractivity contribution in [3.8, 4) is 17.0 Å². The number of unbranched alkanes of at least 4 members (excludes halogenated alkanes) is 1. The van der Waals surface area contributed by atoms with Crippen LogP contribution in [0.1, 0.15) is 30.1 Å². The van der Waals surface area contributed by atoms with Crippen molar-refractivity contribution in [1.82, 2.24) is 20.0 Å². The van der Waals surface area contributed by atoms with Gasteiger partial charge >= 0.3 is 0 Å². The highest BCUT2D eigenvalue weighted by molar-refractivity contribution is 6.33. The average molecular weight is 522 g/mol. The number of anilines is 1. The third kappa shape index (κ3) is 6.57. The summed E-state index contributed by atoms with van der Waals surface area (Å²) in [6, 6.07) is 18.6. The highest BCUT2D eigenvalue weighted by Crippen LogP contribution is 2.22. The van der Waals surface area contributed by atoms with Crippen LogP contribution in [0, 0.1) is 0 Å². The molecule has 1 aliphatic heterocycles. The number of piperazine rings is 1. The molecule has 4 rings (SSSR count). The minimum Gasteiger partial charge on any atom is -0.497 e. The second-order valence-electron chi connectivity index (χ2n) is 8.93. The Hall–Kier alpha value is -3.65. The number of hydrogen-bond acceptors (Lipinski definition) is 6. The first-order valence-electron chi connectivity index (χ1n) is 12.5. The van der Waals surface area contributed by atoms with Gasteiger partial charge in [-0.25, -0.2) is 0 Å². The fourth-order valence-corrected chi connectivity index (χ4v) is 4.48. The number of halogens is 1. The Bertz CT molecular complexity index is 1200. The lowest BCUT2D eigenvalue weighted by molar-refractivity contribution is -0.132. The van der Waals surface area contributed by atoms with Crippen LogP contribution >= 0.6 is 11.6 Å². The van der Waals surface area contributed by atoms with Crippen molar-refractivity contribution < 1.29 is 14.3 Å². The highest BCUT2D eigenvalue weighted by atomic mass is 35.5. The lowest BCUT2D eigenvalue weighted by Gasteiger charge is -2.36. The summed E-state index contributed by atoms with van der Waals surface area (Å²) in [4.78, 5) is 31.8. The third-order valence-electron chi connectivity index (χ3n) is 6.49. The molecule has 194 valence electrons. The molecule has 8 nitrogen and oxygen atoms in total. The van der Waals surface area contributed by atoms with E-state index < -0.39 is 0 Å². The summed E-state index contributed by atoms with van der Waals surface area (Å²) >= 11 is 6.25. The summed E-state index contributed by atoms with van der Waals surface area (Å²) in [7, 11) is 1.64. The van der Waals surface area contributed by atoms with Crippen LogP contribution in [0.2, 0.25) is 5.02 Å². The first-order valence-corrected chi connectivity index (χ1v) is 12.9. The van der Waals surface area contributed by atoms with E-state index in [1.165, 1.54) is 0 Å². The summed E-state index contributed by atoms with van der Waals surface area (Å²) in [6.45, 7) is 5.03. The molecule has 1 aromatic heterocycles. The molecule has 2 amide bonds. The number of methoxy groups -OCH3 is 1. The molecular weight excluding hydrogens is 490 g/mol. The number of carbonyl (C=O) groups is 2. The third-order valence-corrected chi connectivity index (χ3v) is 6.82. The van der Waals surface area contributed by atoms with Gasteiger partial charge in [-0.15, -0.1) is 10.2 Å². The van der Waals surface area contributed by atoms with Crippen molar-refractivity contribution in [2.24, 2.45) is 0 Å². The predicted molar refractivity (Wildman–Crippen MR) is 145 cm³/mol. The number of hydrogen-bond donors (Lipinski definition) is 0. The van der Waals surface area contributed by atoms with E-state index in [9.17, 15) is 9.59 Å². The average Bonchev–Trinajstić information content (AvgIpc) is 2.95. The van der Waals surface area contributed by atoms with Crippen LogP contribution in [0.15, 0.2) is 60.7 Å². The quantitative estimate of drug-likeness (QED) is 0.415. The molecule has 0 spiro atoms. The number of benzene rings is 2. The number of rotatable bonds is 9. The molecule has 0 N–H and O–H groups in total. The van der Waals surface area contributed by atoms with E-state index in [1.807, 2.05) is 41.3 Å². The Balaban J connectivity index is 1.34. The molecule has 2 aromatic carbocycles. The monoisotopic (exact) mass is 521 g/mol. The Morgan fingerprint density at radius 1 is 0.973 bits per heavy atom. The van der Waals surface area contributed by atoms with Crippen molar-refractivity contribution in [2.75, 3.05) is 51.3 Å². The summed E-state index contributed by atoms with van der Waals surface area (Å²) in [5.41, 5.74) is 2.18. The van der Waals surface area contributed by atoms with Crippen LogP contribution in [-0.2, 0) is 4.79 Å². The van der Waals surface area contributed by atoms with Crippen molar-refractivity contribution in [3.63, 3.8) is 0 Å². The maximum atomic E-state index is 13.1. The van der Waals surface area contributed by atoms with Gasteiger partial charge in [0, 0.05) is 38.3 Å². The summed E-state index contributed by atoms with van der Waals surface area (Å²) in [5.74, 6) is 1.31. The number of carbonyl (C=O) groups excluding carboxylic acids is 2. The van der Waals surface area contributed by atoms with E-state index in [-0.39, 0.29) is 18.4 Å². The second kappa shape index (κ2) is 12.5. The van der Waals surface area contributed by atoms with E-state index in [4.69, 9.17) is 16.3 Å². The zero-order valence-corrected chi connectivity index (χ0v) is 22.0. The first kappa shape index (κ1) is 26.4. The predicted octanol–water partition coefficient (Wildman–Crippen LogP) is 4.40. The van der Waals surface area contributed by atoms with Crippen LogP contribution in [0.3, 0.4) is 0 Å². The molecule has 0 unspecified atom stereocenters. The van der Waals surface area contributed by atoms with Gasteiger partial charge in [0.1, 0.15) is 12.3 Å². The van der Waals surface area contributed by atoms with E-state index in [0.717, 1.165) is 35.7 Å². The maximum Gasteiger partial charge on any atom is 0.255 e. The Morgan fingerprint density at radius 3 is 2.32 bits per heavy atom. The molecule has 0 aliphatic carbocycles. The van der Waals surface area contributed by atoms with Crippen molar-refractivity contribution in [2.45, 2.75) is 19.8 Å². The van der Waals surface area contributed by atoms with E-state index in [1.54, 1.807) is 36.3 Å². The molecule has 1 saturated heterocycles. The summed E-state index contributed by atoms with van der Waals surface area (Å²) in [6.07, 6.45) is 1.75. The Kier molecular flexibility index (Phi) is 8.95. The summed E-state index contributed by atoms with van der Waals surface area (Å²) in [5, 5.41) is 9.20. The topological polar surface area (TPSA) is 78.9 Å². The van der Waals surface area contributed by atoms with Gasteiger partial charge in [0.15, 0.2) is 5.82 Å². The SMILES string of the molecule is CCCCN(CC(=O)N1CCN(c2ccc(-c3ccc(OC)cc3)nn2)CC1)C(=O)c1ccccc1Cl. The van der Waals surface area contributed by atoms with E-state index >= 15 is 0 Å². The summed E-state index contributed by atoms with van der Waals surface area (Å²) < 4.78 is 5.21. The largest absolute Gasteiger partial charge is 0.497 e. The molecule has 0 atom stereocenters. The molecule has 0 radical (unpaired) electrons. The lowest BCUT2D eigenvalue weighted by Crippen LogP contribution is -2.52. The van der Waals surface area contributed by atoms with Crippen LogP contribution in [0.4, 0.5) is 5.82 Å².